The van der Waals surface area contributed by atoms with Gasteiger partial charge in [-0.1, -0.05) is 42.5 Å². The molecule has 0 amide bonds. The molecule has 0 radical (unpaired) electrons. The summed E-state index contributed by atoms with van der Waals surface area (Å²) in [6.07, 6.45) is 1.65. The number of piperidine rings is 1. The summed E-state index contributed by atoms with van der Waals surface area (Å²) in [6, 6.07) is 16.7. The maximum Gasteiger partial charge on any atom is 0.123 e. The van der Waals surface area contributed by atoms with E-state index in [2.05, 4.69) is 40.5 Å². The number of para-hydroxylation sites is 1. The van der Waals surface area contributed by atoms with Crippen molar-refractivity contribution >= 4 is 0 Å². The van der Waals surface area contributed by atoms with Gasteiger partial charge in [-0.15, -0.1) is 0 Å². The van der Waals surface area contributed by atoms with Gasteiger partial charge in [0, 0.05) is 38.3 Å². The Morgan fingerprint density at radius 3 is 2.28 bits per heavy atom. The van der Waals surface area contributed by atoms with Gasteiger partial charge in [0.1, 0.15) is 5.75 Å². The third-order valence-electron chi connectivity index (χ3n) is 4.89. The lowest BCUT2D eigenvalue weighted by Gasteiger charge is -2.30. The number of nitrogens with one attached hydrogen (secondary N) is 1. The Morgan fingerprint density at radius 2 is 1.56 bits per heavy atom. The van der Waals surface area contributed by atoms with Crippen molar-refractivity contribution in [1.82, 2.24) is 10.2 Å². The Labute approximate surface area is 150 Å². The maximum absolute atomic E-state index is 9.67. The van der Waals surface area contributed by atoms with E-state index < -0.39 is 0 Å². The highest BCUT2D eigenvalue weighted by atomic mass is 16.5. The highest BCUT2D eigenvalue weighted by Gasteiger charge is 2.17. The van der Waals surface area contributed by atoms with E-state index >= 15 is 0 Å². The van der Waals surface area contributed by atoms with Crippen LogP contribution in [0.2, 0.25) is 0 Å². The minimum atomic E-state index is -0.117. The van der Waals surface area contributed by atoms with E-state index in [1.54, 1.807) is 7.11 Å². The largest absolute Gasteiger partial charge is 0.496 e. The van der Waals surface area contributed by atoms with Gasteiger partial charge in [0.25, 0.3) is 0 Å². The average molecular weight is 340 g/mol. The van der Waals surface area contributed by atoms with E-state index in [4.69, 9.17) is 4.74 Å². The maximum atomic E-state index is 9.67. The van der Waals surface area contributed by atoms with Crippen molar-refractivity contribution in [1.29, 1.82) is 0 Å². The van der Waals surface area contributed by atoms with E-state index in [9.17, 15) is 5.11 Å². The molecule has 25 heavy (non-hydrogen) atoms. The van der Waals surface area contributed by atoms with Crippen LogP contribution in [0, 0.1) is 0 Å². The van der Waals surface area contributed by atoms with Gasteiger partial charge in [0.15, 0.2) is 0 Å². The van der Waals surface area contributed by atoms with Crippen LogP contribution in [0.15, 0.2) is 48.5 Å². The number of likely N-dealkylation sites (tertiary alicyclic amines) is 1. The zero-order valence-electron chi connectivity index (χ0n) is 14.9. The summed E-state index contributed by atoms with van der Waals surface area (Å²) in [5.74, 6) is 0.926. The van der Waals surface area contributed by atoms with Crippen molar-refractivity contribution in [3.05, 3.63) is 65.2 Å². The van der Waals surface area contributed by atoms with Crippen LogP contribution >= 0.6 is 0 Å². The first-order chi connectivity index (χ1) is 12.3. The molecule has 2 aromatic carbocycles. The van der Waals surface area contributed by atoms with Gasteiger partial charge in [-0.2, -0.15) is 0 Å². The van der Waals surface area contributed by atoms with Crippen molar-refractivity contribution in [3.63, 3.8) is 0 Å². The summed E-state index contributed by atoms with van der Waals surface area (Å²) in [7, 11) is 1.71. The molecule has 1 heterocycles. The average Bonchev–Trinajstić information content (AvgIpc) is 2.65. The van der Waals surface area contributed by atoms with Crippen LogP contribution in [0.5, 0.6) is 5.75 Å². The van der Waals surface area contributed by atoms with E-state index in [0.29, 0.717) is 0 Å². The smallest absolute Gasteiger partial charge is 0.123 e. The van der Waals surface area contributed by atoms with Gasteiger partial charge < -0.3 is 15.2 Å². The van der Waals surface area contributed by atoms with E-state index in [-0.39, 0.29) is 6.10 Å². The third kappa shape index (κ3) is 5.05. The lowest BCUT2D eigenvalue weighted by molar-refractivity contribution is 0.0791. The minimum absolute atomic E-state index is 0.117. The number of methoxy groups -OCH3 is 1. The van der Waals surface area contributed by atoms with Crippen molar-refractivity contribution in [2.24, 2.45) is 0 Å². The van der Waals surface area contributed by atoms with E-state index in [1.807, 2.05) is 18.2 Å². The Kier molecular flexibility index (Phi) is 6.45. The third-order valence-corrected chi connectivity index (χ3v) is 4.89. The summed E-state index contributed by atoms with van der Waals surface area (Å²) in [6.45, 7) is 4.53. The van der Waals surface area contributed by atoms with Crippen LogP contribution in [0.25, 0.3) is 0 Å². The first kappa shape index (κ1) is 17.9. The van der Waals surface area contributed by atoms with Crippen LogP contribution in [-0.2, 0) is 19.6 Å². The molecule has 0 atom stereocenters. The van der Waals surface area contributed by atoms with Crippen LogP contribution in [0.1, 0.15) is 29.5 Å². The normalized spacial score (nSPS) is 16.1. The molecule has 3 rings (SSSR count). The molecule has 0 aromatic heterocycles. The number of hydrogen-bond acceptors (Lipinski definition) is 4. The van der Waals surface area contributed by atoms with Crippen molar-refractivity contribution in [2.45, 2.75) is 38.6 Å². The first-order valence-electron chi connectivity index (χ1n) is 9.06. The summed E-state index contributed by atoms with van der Waals surface area (Å²) in [5, 5.41) is 13.2. The summed E-state index contributed by atoms with van der Waals surface area (Å²) < 4.78 is 5.41. The molecule has 0 unspecified atom stereocenters. The molecule has 134 valence electrons. The minimum Gasteiger partial charge on any atom is -0.496 e. The Balaban J connectivity index is 1.57. The lowest BCUT2D eigenvalue weighted by Crippen LogP contribution is -2.35. The molecule has 0 spiro atoms. The highest BCUT2D eigenvalue weighted by molar-refractivity contribution is 5.33. The fourth-order valence-electron chi connectivity index (χ4n) is 3.38. The van der Waals surface area contributed by atoms with Crippen molar-refractivity contribution in [2.75, 3.05) is 20.2 Å². The van der Waals surface area contributed by atoms with E-state index in [0.717, 1.165) is 51.3 Å². The standard InChI is InChI=1S/C21H28N2O2/c1-25-21-9-5-4-7-18(21)15-22-14-17-6-2-3-8-19(17)16-23-12-10-20(24)11-13-23/h2-9,20,22,24H,10-16H2,1H3. The zero-order chi connectivity index (χ0) is 17.5. The second-order valence-electron chi connectivity index (χ2n) is 6.69. The molecule has 2 N–H and O–H groups in total. The summed E-state index contributed by atoms with van der Waals surface area (Å²) in [5.41, 5.74) is 3.88. The van der Waals surface area contributed by atoms with Gasteiger partial charge in [-0.05, 0) is 30.0 Å². The number of benzene rings is 2. The molecule has 1 saturated heterocycles. The number of nitrogens with zero attached hydrogens (tertiary/aromatic N) is 1. The van der Waals surface area contributed by atoms with Gasteiger partial charge >= 0.3 is 0 Å². The second kappa shape index (κ2) is 8.99. The van der Waals surface area contributed by atoms with Crippen molar-refractivity contribution < 1.29 is 9.84 Å². The predicted molar refractivity (Wildman–Crippen MR) is 100 cm³/mol. The number of ether oxygens (including phenoxy) is 1. The molecule has 1 aliphatic rings. The van der Waals surface area contributed by atoms with Gasteiger partial charge in [0.05, 0.1) is 13.2 Å². The molecule has 0 aliphatic carbocycles. The van der Waals surface area contributed by atoms with Crippen LogP contribution < -0.4 is 10.1 Å². The highest BCUT2D eigenvalue weighted by Crippen LogP contribution is 2.19. The van der Waals surface area contributed by atoms with Crippen LogP contribution in [0.3, 0.4) is 0 Å². The van der Waals surface area contributed by atoms with Gasteiger partial charge in [-0.25, -0.2) is 0 Å². The Hall–Kier alpha value is -1.88. The summed E-state index contributed by atoms with van der Waals surface area (Å²) in [4.78, 5) is 2.44. The zero-order valence-corrected chi connectivity index (χ0v) is 14.9. The molecular weight excluding hydrogens is 312 g/mol. The Bertz CT molecular complexity index is 666. The van der Waals surface area contributed by atoms with Gasteiger partial charge in [0.2, 0.25) is 0 Å². The summed E-state index contributed by atoms with van der Waals surface area (Å²) >= 11 is 0. The van der Waals surface area contributed by atoms with Gasteiger partial charge in [-0.3, -0.25) is 4.90 Å². The second-order valence-corrected chi connectivity index (χ2v) is 6.69. The number of aliphatic hydroxyl groups is 1. The first-order valence-corrected chi connectivity index (χ1v) is 9.06. The Morgan fingerprint density at radius 1 is 0.960 bits per heavy atom. The SMILES string of the molecule is COc1ccccc1CNCc1ccccc1CN1CCC(O)CC1. The molecular formula is C21H28N2O2. The predicted octanol–water partition coefficient (Wildman–Crippen LogP) is 2.94. The topological polar surface area (TPSA) is 44.7 Å². The molecule has 4 heteroatoms. The molecule has 1 fully saturated rings. The lowest BCUT2D eigenvalue weighted by atomic mass is 10.0. The molecule has 0 bridgehead atoms. The fraction of sp³-hybridized carbons (Fsp3) is 0.429. The van der Waals surface area contributed by atoms with E-state index in [1.165, 1.54) is 16.7 Å². The molecule has 0 saturated carbocycles. The number of hydrogen-bond donors (Lipinski definition) is 2. The van der Waals surface area contributed by atoms with Crippen LogP contribution in [-0.4, -0.2) is 36.3 Å². The number of rotatable bonds is 7. The fourth-order valence-corrected chi connectivity index (χ4v) is 3.38. The molecule has 4 nitrogen and oxygen atoms in total. The molecule has 2 aromatic rings. The van der Waals surface area contributed by atoms with Crippen molar-refractivity contribution in [3.8, 4) is 5.75 Å². The monoisotopic (exact) mass is 340 g/mol. The quantitative estimate of drug-likeness (QED) is 0.813. The van der Waals surface area contributed by atoms with Crippen LogP contribution in [0.4, 0.5) is 0 Å². The number of aliphatic hydroxyl groups excluding tert-OH is 1. The molecule has 1 aliphatic heterocycles.